The Morgan fingerprint density at radius 2 is 2.03 bits per heavy atom. The van der Waals surface area contributed by atoms with Crippen molar-refractivity contribution in [3.05, 3.63) is 42.5 Å². The number of carbonyl (C=O) groups excluding carboxylic acids is 1. The van der Waals surface area contributed by atoms with Crippen molar-refractivity contribution in [3.63, 3.8) is 0 Å². The summed E-state index contributed by atoms with van der Waals surface area (Å²) in [4.78, 5) is 25.2. The van der Waals surface area contributed by atoms with Crippen LogP contribution in [0, 0.1) is 0 Å². The number of rotatable bonds is 8. The molecule has 30 heavy (non-hydrogen) atoms. The molecule has 2 N–H and O–H groups in total. The van der Waals surface area contributed by atoms with Crippen molar-refractivity contribution in [1.82, 2.24) is 35.5 Å². The summed E-state index contributed by atoms with van der Waals surface area (Å²) in [5.74, 6) is 1.16. The molecule has 1 atom stereocenters. The van der Waals surface area contributed by atoms with Crippen LogP contribution in [0.2, 0.25) is 0 Å². The fraction of sp³-hybridized carbons (Fsp3) is 0.450. The van der Waals surface area contributed by atoms with Crippen molar-refractivity contribution in [1.29, 1.82) is 0 Å². The molecule has 1 saturated heterocycles. The van der Waals surface area contributed by atoms with Gasteiger partial charge in [-0.1, -0.05) is 23.4 Å². The lowest BCUT2D eigenvalue weighted by atomic mass is 10.2. The van der Waals surface area contributed by atoms with Crippen molar-refractivity contribution in [2.45, 2.75) is 25.8 Å². The lowest BCUT2D eigenvalue weighted by Gasteiger charge is -2.39. The minimum atomic E-state index is -0.0239. The quantitative estimate of drug-likeness (QED) is 0.567. The zero-order chi connectivity index (χ0) is 20.8. The molecule has 0 bridgehead atoms. The van der Waals surface area contributed by atoms with Crippen LogP contribution in [0.4, 0.5) is 5.69 Å². The largest absolute Gasteiger partial charge is 0.369 e. The number of anilines is 1. The van der Waals surface area contributed by atoms with Crippen molar-refractivity contribution >= 4 is 11.6 Å². The standard InChI is InChI=1S/C20H26N8O2/c1-15(27-9-11-28(12-10-27)16-5-3-2-4-6-16)13-21-17(29)7-8-18-24-20(26-30-18)19-22-14-23-25-19/h2-6,14-15H,7-13H2,1H3,(H,21,29)(H,22,23,25)/t15-/m0/s1. The molecule has 1 aliphatic heterocycles. The van der Waals surface area contributed by atoms with Gasteiger partial charge < -0.3 is 14.7 Å². The molecule has 0 spiro atoms. The van der Waals surface area contributed by atoms with E-state index in [1.165, 1.54) is 12.0 Å². The number of para-hydroxylation sites is 1. The Hall–Kier alpha value is -3.27. The van der Waals surface area contributed by atoms with E-state index in [-0.39, 0.29) is 11.9 Å². The Bertz CT molecular complexity index is 919. The third kappa shape index (κ3) is 5.01. The summed E-state index contributed by atoms with van der Waals surface area (Å²) in [6, 6.07) is 10.8. The molecular formula is C20H26N8O2. The van der Waals surface area contributed by atoms with Crippen molar-refractivity contribution in [3.8, 4) is 11.6 Å². The molecular weight excluding hydrogens is 384 g/mol. The van der Waals surface area contributed by atoms with E-state index in [1.54, 1.807) is 0 Å². The van der Waals surface area contributed by atoms with E-state index in [1.807, 2.05) is 6.07 Å². The van der Waals surface area contributed by atoms with Crippen LogP contribution in [-0.4, -0.2) is 74.9 Å². The summed E-state index contributed by atoms with van der Waals surface area (Å²) < 4.78 is 5.16. The van der Waals surface area contributed by atoms with E-state index < -0.39 is 0 Å². The molecule has 1 aromatic carbocycles. The molecule has 1 fully saturated rings. The first kappa shape index (κ1) is 20.0. The molecule has 3 heterocycles. The van der Waals surface area contributed by atoms with Gasteiger partial charge in [0.1, 0.15) is 6.33 Å². The van der Waals surface area contributed by atoms with Gasteiger partial charge >= 0.3 is 0 Å². The highest BCUT2D eigenvalue weighted by molar-refractivity contribution is 5.76. The van der Waals surface area contributed by atoms with E-state index in [4.69, 9.17) is 4.52 Å². The van der Waals surface area contributed by atoms with Gasteiger partial charge in [0.05, 0.1) is 0 Å². The summed E-state index contributed by atoms with van der Waals surface area (Å²) in [6.45, 7) is 6.73. The third-order valence-electron chi connectivity index (χ3n) is 5.31. The SMILES string of the molecule is C[C@@H](CNC(=O)CCc1nc(-c2ncn[nH]2)no1)N1CCN(c2ccccc2)CC1. The van der Waals surface area contributed by atoms with Crippen LogP contribution in [0.3, 0.4) is 0 Å². The van der Waals surface area contributed by atoms with Gasteiger partial charge in [-0.15, -0.1) is 0 Å². The third-order valence-corrected chi connectivity index (χ3v) is 5.31. The topological polar surface area (TPSA) is 116 Å². The van der Waals surface area contributed by atoms with Crippen LogP contribution in [0.15, 0.2) is 41.2 Å². The number of benzene rings is 1. The molecule has 0 radical (unpaired) electrons. The summed E-state index contributed by atoms with van der Waals surface area (Å²) in [5, 5.41) is 13.3. The number of aromatic nitrogens is 5. The molecule has 10 nitrogen and oxygen atoms in total. The maximum atomic E-state index is 12.2. The number of carbonyl (C=O) groups is 1. The fourth-order valence-electron chi connectivity index (χ4n) is 3.53. The lowest BCUT2D eigenvalue weighted by molar-refractivity contribution is -0.121. The summed E-state index contributed by atoms with van der Waals surface area (Å²) >= 11 is 0. The summed E-state index contributed by atoms with van der Waals surface area (Å²) in [6.07, 6.45) is 2.06. The average molecular weight is 410 g/mol. The van der Waals surface area contributed by atoms with E-state index in [0.29, 0.717) is 36.9 Å². The van der Waals surface area contributed by atoms with E-state index in [2.05, 4.69) is 71.6 Å². The maximum Gasteiger partial charge on any atom is 0.239 e. The van der Waals surface area contributed by atoms with Gasteiger partial charge in [-0.3, -0.25) is 14.8 Å². The second-order valence-electron chi connectivity index (χ2n) is 7.36. The number of piperazine rings is 1. The van der Waals surface area contributed by atoms with Crippen LogP contribution in [0.5, 0.6) is 0 Å². The number of hydrogen-bond donors (Lipinski definition) is 2. The highest BCUT2D eigenvalue weighted by Crippen LogP contribution is 2.16. The predicted octanol–water partition coefficient (Wildman–Crippen LogP) is 1.11. The first-order valence-electron chi connectivity index (χ1n) is 10.2. The molecule has 10 heteroatoms. The molecule has 2 aromatic heterocycles. The van der Waals surface area contributed by atoms with Gasteiger partial charge in [-0.25, -0.2) is 4.98 Å². The lowest BCUT2D eigenvalue weighted by Crippen LogP contribution is -2.52. The number of hydrogen-bond acceptors (Lipinski definition) is 8. The number of nitrogens with one attached hydrogen (secondary N) is 2. The van der Waals surface area contributed by atoms with Gasteiger partial charge in [0.15, 0.2) is 5.82 Å². The van der Waals surface area contributed by atoms with Crippen LogP contribution in [0.25, 0.3) is 11.6 Å². The number of amides is 1. The minimum absolute atomic E-state index is 0.0239. The molecule has 4 rings (SSSR count). The molecule has 3 aromatic rings. The van der Waals surface area contributed by atoms with Crippen molar-refractivity contribution in [2.75, 3.05) is 37.6 Å². The zero-order valence-corrected chi connectivity index (χ0v) is 17.0. The van der Waals surface area contributed by atoms with Crippen molar-refractivity contribution < 1.29 is 9.32 Å². The normalized spacial score (nSPS) is 15.8. The number of aryl methyl sites for hydroxylation is 1. The highest BCUT2D eigenvalue weighted by Gasteiger charge is 2.21. The van der Waals surface area contributed by atoms with E-state index in [9.17, 15) is 4.79 Å². The monoisotopic (exact) mass is 410 g/mol. The zero-order valence-electron chi connectivity index (χ0n) is 17.0. The van der Waals surface area contributed by atoms with Gasteiger partial charge in [-0.2, -0.15) is 10.1 Å². The Morgan fingerprint density at radius 3 is 2.77 bits per heavy atom. The fourth-order valence-corrected chi connectivity index (χ4v) is 3.53. The van der Waals surface area contributed by atoms with E-state index >= 15 is 0 Å². The van der Waals surface area contributed by atoms with Gasteiger partial charge in [-0.05, 0) is 19.1 Å². The van der Waals surface area contributed by atoms with Crippen LogP contribution in [0.1, 0.15) is 19.2 Å². The van der Waals surface area contributed by atoms with Crippen LogP contribution >= 0.6 is 0 Å². The smallest absolute Gasteiger partial charge is 0.239 e. The maximum absolute atomic E-state index is 12.2. The molecule has 1 amide bonds. The second-order valence-corrected chi connectivity index (χ2v) is 7.36. The molecule has 0 unspecified atom stereocenters. The van der Waals surface area contributed by atoms with E-state index in [0.717, 1.165) is 26.2 Å². The Labute approximate surface area is 174 Å². The molecule has 0 saturated carbocycles. The highest BCUT2D eigenvalue weighted by atomic mass is 16.5. The summed E-state index contributed by atoms with van der Waals surface area (Å²) in [5.41, 5.74) is 1.27. The molecule has 158 valence electrons. The average Bonchev–Trinajstić information content (AvgIpc) is 3.49. The van der Waals surface area contributed by atoms with Crippen molar-refractivity contribution in [2.24, 2.45) is 0 Å². The predicted molar refractivity (Wildman–Crippen MR) is 111 cm³/mol. The molecule has 0 aliphatic carbocycles. The second kappa shape index (κ2) is 9.49. The number of aromatic amines is 1. The Balaban J connectivity index is 1.16. The van der Waals surface area contributed by atoms with Gasteiger partial charge in [0.25, 0.3) is 0 Å². The van der Waals surface area contributed by atoms with Crippen LogP contribution in [-0.2, 0) is 11.2 Å². The Morgan fingerprint density at radius 1 is 1.23 bits per heavy atom. The summed E-state index contributed by atoms with van der Waals surface area (Å²) in [7, 11) is 0. The Kier molecular flexibility index (Phi) is 6.33. The van der Waals surface area contributed by atoms with Gasteiger partial charge in [0.2, 0.25) is 17.6 Å². The number of H-pyrrole nitrogens is 1. The first-order chi connectivity index (χ1) is 14.7. The molecule has 1 aliphatic rings. The van der Waals surface area contributed by atoms with Gasteiger partial charge in [0, 0.05) is 57.3 Å². The van der Waals surface area contributed by atoms with Crippen LogP contribution < -0.4 is 10.2 Å². The number of nitrogens with zero attached hydrogens (tertiary/aromatic N) is 6. The minimum Gasteiger partial charge on any atom is -0.369 e. The first-order valence-corrected chi connectivity index (χ1v) is 10.2.